The van der Waals surface area contributed by atoms with E-state index >= 15 is 0 Å². The zero-order valence-corrected chi connectivity index (χ0v) is 13.8. The number of carbonyl (C=O) groups is 2. The molecule has 0 bridgehead atoms. The van der Waals surface area contributed by atoms with Crippen molar-refractivity contribution in [3.63, 3.8) is 0 Å². The highest BCUT2D eigenvalue weighted by molar-refractivity contribution is 5.96. The van der Waals surface area contributed by atoms with E-state index < -0.39 is 5.97 Å². The van der Waals surface area contributed by atoms with Gasteiger partial charge in [-0.05, 0) is 18.6 Å². The van der Waals surface area contributed by atoms with Crippen LogP contribution in [0.1, 0.15) is 36.2 Å². The van der Waals surface area contributed by atoms with Crippen LogP contribution in [-0.4, -0.2) is 28.5 Å². The lowest BCUT2D eigenvalue weighted by Crippen LogP contribution is -2.25. The zero-order valence-electron chi connectivity index (χ0n) is 13.8. The van der Waals surface area contributed by atoms with Gasteiger partial charge in [0.25, 0.3) is 0 Å². The molecule has 1 aromatic heterocycles. The molecule has 0 aliphatic rings. The molecule has 126 valence electrons. The largest absolute Gasteiger partial charge is 0.478 e. The number of aromatic carboxylic acids is 1. The van der Waals surface area contributed by atoms with Crippen LogP contribution in [-0.2, 0) is 11.3 Å². The van der Waals surface area contributed by atoms with Gasteiger partial charge >= 0.3 is 5.97 Å². The van der Waals surface area contributed by atoms with Crippen molar-refractivity contribution in [2.24, 2.45) is 0 Å². The number of rotatable bonds is 7. The standard InChI is InChI=1S/C18H21N3O3/c1-3-16(22)20-14-10-15(18(23)24)17(19-11-14)21(4-2)12-13-8-6-5-7-9-13/h5-11H,3-4,12H2,1-2H3,(H,20,22)(H,23,24). The summed E-state index contributed by atoms with van der Waals surface area (Å²) in [5.74, 6) is -0.863. The second-order valence-electron chi connectivity index (χ2n) is 5.30. The molecule has 0 atom stereocenters. The minimum Gasteiger partial charge on any atom is -0.478 e. The summed E-state index contributed by atoms with van der Waals surface area (Å²) in [6.07, 6.45) is 1.81. The minimum atomic E-state index is -1.07. The third-order valence-corrected chi connectivity index (χ3v) is 3.60. The molecule has 6 heteroatoms. The van der Waals surface area contributed by atoms with Crippen LogP contribution in [0, 0.1) is 0 Å². The van der Waals surface area contributed by atoms with Crippen LogP contribution in [0.15, 0.2) is 42.6 Å². The first-order valence-electron chi connectivity index (χ1n) is 7.87. The summed E-state index contributed by atoms with van der Waals surface area (Å²) in [5, 5.41) is 12.1. The topological polar surface area (TPSA) is 82.5 Å². The van der Waals surface area contributed by atoms with E-state index in [-0.39, 0.29) is 11.5 Å². The summed E-state index contributed by atoms with van der Waals surface area (Å²) in [7, 11) is 0. The minimum absolute atomic E-state index is 0.0710. The molecule has 0 fully saturated rings. The average molecular weight is 327 g/mol. The molecule has 2 rings (SSSR count). The number of pyridine rings is 1. The van der Waals surface area contributed by atoms with Crippen molar-refractivity contribution in [2.45, 2.75) is 26.8 Å². The molecule has 0 radical (unpaired) electrons. The van der Waals surface area contributed by atoms with Gasteiger partial charge < -0.3 is 15.3 Å². The lowest BCUT2D eigenvalue weighted by molar-refractivity contribution is -0.115. The van der Waals surface area contributed by atoms with Gasteiger partial charge in [0.05, 0.1) is 11.9 Å². The summed E-state index contributed by atoms with van der Waals surface area (Å²) >= 11 is 0. The Balaban J connectivity index is 2.32. The third kappa shape index (κ3) is 4.32. The molecule has 0 unspecified atom stereocenters. The molecule has 1 amide bonds. The second kappa shape index (κ2) is 8.10. The highest BCUT2D eigenvalue weighted by Crippen LogP contribution is 2.23. The van der Waals surface area contributed by atoms with E-state index in [0.29, 0.717) is 31.0 Å². The first-order valence-corrected chi connectivity index (χ1v) is 7.87. The summed E-state index contributed by atoms with van der Waals surface area (Å²) in [6.45, 7) is 4.85. The van der Waals surface area contributed by atoms with Crippen LogP contribution < -0.4 is 10.2 Å². The van der Waals surface area contributed by atoms with Crippen molar-refractivity contribution in [1.29, 1.82) is 0 Å². The first kappa shape index (κ1) is 17.5. The summed E-state index contributed by atoms with van der Waals surface area (Å²) in [5.41, 5.74) is 1.53. The molecule has 0 spiro atoms. The van der Waals surface area contributed by atoms with E-state index in [1.807, 2.05) is 42.2 Å². The SMILES string of the molecule is CCC(=O)Nc1cnc(N(CC)Cc2ccccc2)c(C(=O)O)c1. The Morgan fingerprint density at radius 2 is 1.92 bits per heavy atom. The number of carboxylic acids is 1. The van der Waals surface area contributed by atoms with Gasteiger partial charge in [0.1, 0.15) is 11.4 Å². The van der Waals surface area contributed by atoms with E-state index in [1.165, 1.54) is 12.3 Å². The molecule has 0 aliphatic carbocycles. The van der Waals surface area contributed by atoms with Crippen LogP contribution in [0.4, 0.5) is 11.5 Å². The Morgan fingerprint density at radius 1 is 1.21 bits per heavy atom. The van der Waals surface area contributed by atoms with Crippen molar-refractivity contribution in [3.05, 3.63) is 53.7 Å². The maximum Gasteiger partial charge on any atom is 0.339 e. The maximum atomic E-state index is 11.6. The zero-order chi connectivity index (χ0) is 17.5. The van der Waals surface area contributed by atoms with Gasteiger partial charge in [0.2, 0.25) is 5.91 Å². The molecule has 6 nitrogen and oxygen atoms in total. The van der Waals surface area contributed by atoms with E-state index in [0.717, 1.165) is 5.56 Å². The lowest BCUT2D eigenvalue weighted by atomic mass is 10.1. The lowest BCUT2D eigenvalue weighted by Gasteiger charge is -2.24. The Hall–Kier alpha value is -2.89. The number of hydrogen-bond donors (Lipinski definition) is 2. The molecule has 0 aliphatic heterocycles. The van der Waals surface area contributed by atoms with Crippen molar-refractivity contribution in [2.75, 3.05) is 16.8 Å². The predicted molar refractivity (Wildman–Crippen MR) is 93.3 cm³/mol. The average Bonchev–Trinajstić information content (AvgIpc) is 2.60. The smallest absolute Gasteiger partial charge is 0.339 e. The van der Waals surface area contributed by atoms with Crippen LogP contribution in [0.2, 0.25) is 0 Å². The van der Waals surface area contributed by atoms with E-state index in [2.05, 4.69) is 10.3 Å². The highest BCUT2D eigenvalue weighted by atomic mass is 16.4. The van der Waals surface area contributed by atoms with Crippen molar-refractivity contribution >= 4 is 23.4 Å². The van der Waals surface area contributed by atoms with Crippen LogP contribution in [0.5, 0.6) is 0 Å². The Labute approximate surface area is 141 Å². The molecule has 2 aromatic rings. The number of nitrogens with zero attached hydrogens (tertiary/aromatic N) is 2. The molecule has 1 aromatic carbocycles. The fraction of sp³-hybridized carbons (Fsp3) is 0.278. The molecule has 1 heterocycles. The van der Waals surface area contributed by atoms with Gasteiger partial charge in [-0.3, -0.25) is 4.79 Å². The van der Waals surface area contributed by atoms with Gasteiger partial charge in [-0.2, -0.15) is 0 Å². The van der Waals surface area contributed by atoms with E-state index in [4.69, 9.17) is 0 Å². The van der Waals surface area contributed by atoms with Crippen LogP contribution >= 0.6 is 0 Å². The van der Waals surface area contributed by atoms with Crippen LogP contribution in [0.3, 0.4) is 0 Å². The van der Waals surface area contributed by atoms with Gasteiger partial charge in [-0.25, -0.2) is 9.78 Å². The molecule has 0 saturated carbocycles. The number of anilines is 2. The Morgan fingerprint density at radius 3 is 2.50 bits per heavy atom. The molecular weight excluding hydrogens is 306 g/mol. The monoisotopic (exact) mass is 327 g/mol. The first-order chi connectivity index (χ1) is 11.5. The molecular formula is C18H21N3O3. The number of hydrogen-bond acceptors (Lipinski definition) is 4. The quantitative estimate of drug-likeness (QED) is 0.816. The number of benzene rings is 1. The fourth-order valence-corrected chi connectivity index (χ4v) is 2.32. The number of aromatic nitrogens is 1. The number of carbonyl (C=O) groups excluding carboxylic acids is 1. The molecule has 2 N–H and O–H groups in total. The van der Waals surface area contributed by atoms with Gasteiger partial charge in [-0.15, -0.1) is 0 Å². The van der Waals surface area contributed by atoms with Gasteiger partial charge in [0.15, 0.2) is 0 Å². The Bertz CT molecular complexity index is 717. The number of carboxylic acid groups (broad SMARTS) is 1. The van der Waals surface area contributed by atoms with E-state index in [1.54, 1.807) is 6.92 Å². The van der Waals surface area contributed by atoms with Crippen molar-refractivity contribution < 1.29 is 14.7 Å². The second-order valence-corrected chi connectivity index (χ2v) is 5.30. The maximum absolute atomic E-state index is 11.6. The third-order valence-electron chi connectivity index (χ3n) is 3.60. The summed E-state index contributed by atoms with van der Waals surface area (Å²) in [4.78, 5) is 29.3. The highest BCUT2D eigenvalue weighted by Gasteiger charge is 2.18. The number of amides is 1. The van der Waals surface area contributed by atoms with E-state index in [9.17, 15) is 14.7 Å². The fourth-order valence-electron chi connectivity index (χ4n) is 2.32. The predicted octanol–water partition coefficient (Wildman–Crippen LogP) is 3.15. The molecule has 0 saturated heterocycles. The van der Waals surface area contributed by atoms with Crippen molar-refractivity contribution in [1.82, 2.24) is 4.98 Å². The number of nitrogens with one attached hydrogen (secondary N) is 1. The summed E-state index contributed by atoms with van der Waals surface area (Å²) in [6, 6.07) is 11.2. The normalized spacial score (nSPS) is 10.2. The van der Waals surface area contributed by atoms with Gasteiger partial charge in [-0.1, -0.05) is 37.3 Å². The summed E-state index contributed by atoms with van der Waals surface area (Å²) < 4.78 is 0. The van der Waals surface area contributed by atoms with Gasteiger partial charge in [0, 0.05) is 19.5 Å². The molecule has 24 heavy (non-hydrogen) atoms. The van der Waals surface area contributed by atoms with Crippen LogP contribution in [0.25, 0.3) is 0 Å². The Kier molecular flexibility index (Phi) is 5.89. The van der Waals surface area contributed by atoms with Crippen molar-refractivity contribution in [3.8, 4) is 0 Å².